The molecular formula is C41H44N4O9S. The Hall–Kier alpha value is -4.63. The summed E-state index contributed by atoms with van der Waals surface area (Å²) in [6, 6.07) is 7.00. The minimum Gasteiger partial charge on any atom is -0.504 e. The Bertz CT molecular complexity index is 2330. The van der Waals surface area contributed by atoms with E-state index in [1.54, 1.807) is 26.0 Å². The first-order valence-electron chi connectivity index (χ1n) is 18.8. The number of hydrogen-bond donors (Lipinski definition) is 3. The lowest BCUT2D eigenvalue weighted by Crippen LogP contribution is -2.64. The molecule has 14 heteroatoms. The number of benzene rings is 3. The molecular weight excluding hydrogens is 725 g/mol. The normalized spacial score (nSPS) is 28.9. The fraction of sp³-hybridized carbons (Fsp3) is 0.463. The second kappa shape index (κ2) is 12.4. The van der Waals surface area contributed by atoms with Crippen LogP contribution in [0, 0.1) is 13.8 Å². The number of phenols is 1. The monoisotopic (exact) mass is 768 g/mol. The van der Waals surface area contributed by atoms with Gasteiger partial charge in [0.1, 0.15) is 18.1 Å². The Balaban J connectivity index is 1.23. The van der Waals surface area contributed by atoms with Crippen LogP contribution >= 0.6 is 11.8 Å². The number of hydrogen-bond acceptors (Lipinski definition) is 13. The van der Waals surface area contributed by atoms with Crippen molar-refractivity contribution in [2.45, 2.75) is 68.6 Å². The second-order valence-corrected chi connectivity index (χ2v) is 16.7. The van der Waals surface area contributed by atoms with Gasteiger partial charge in [-0.15, -0.1) is 11.8 Å². The van der Waals surface area contributed by atoms with E-state index in [1.165, 1.54) is 6.92 Å². The van der Waals surface area contributed by atoms with Crippen LogP contribution in [0.25, 0.3) is 10.9 Å². The molecule has 0 radical (unpaired) electrons. The maximum atomic E-state index is 14.9. The number of aromatic nitrogens is 1. The van der Waals surface area contributed by atoms with Gasteiger partial charge >= 0.3 is 11.9 Å². The molecule has 0 amide bonds. The molecule has 55 heavy (non-hydrogen) atoms. The molecule has 9 heterocycles. The molecule has 2 fully saturated rings. The number of rotatable bonds is 3. The van der Waals surface area contributed by atoms with E-state index in [0.29, 0.717) is 53.8 Å². The SMILES string of the molecule is COc1ccc2[nH]c3c(c2c1)CCN[C@]31CS[C@@H]2c3c(OC(C)=O)c(C)c4c(c3[C@H](COC1=O)N1C3Cc5cc(C)c(OC)c(O)c5C(C21)N(C)C3)OCO4. The van der Waals surface area contributed by atoms with E-state index < -0.39 is 17.6 Å². The summed E-state index contributed by atoms with van der Waals surface area (Å²) in [6.45, 7) is 6.59. The summed E-state index contributed by atoms with van der Waals surface area (Å²) < 4.78 is 36.5. The van der Waals surface area contributed by atoms with Crippen LogP contribution in [-0.2, 0) is 32.7 Å². The topological polar surface area (TPSA) is 144 Å². The molecule has 8 aliphatic rings. The van der Waals surface area contributed by atoms with Crippen molar-refractivity contribution in [2.75, 3.05) is 53.5 Å². The van der Waals surface area contributed by atoms with Crippen LogP contribution < -0.4 is 29.0 Å². The van der Waals surface area contributed by atoms with Gasteiger partial charge in [0.25, 0.3) is 0 Å². The highest BCUT2D eigenvalue weighted by Crippen LogP contribution is 2.64. The summed E-state index contributed by atoms with van der Waals surface area (Å²) in [5, 5.41) is 16.4. The summed E-state index contributed by atoms with van der Waals surface area (Å²) in [4.78, 5) is 36.3. The van der Waals surface area contributed by atoms with E-state index in [9.17, 15) is 14.7 Å². The Morgan fingerprint density at radius 2 is 1.87 bits per heavy atom. The number of likely N-dealkylation sites (N-methyl/N-ethyl adjacent to an activating group) is 1. The number of carbonyl (C=O) groups excluding carboxylic acids is 2. The smallest absolute Gasteiger partial charge is 0.333 e. The number of phenolic OH excluding ortho intramolecular Hbond substituents is 1. The summed E-state index contributed by atoms with van der Waals surface area (Å²) in [5.74, 6) is 2.42. The third-order valence-electron chi connectivity index (χ3n) is 12.7. The molecule has 2 saturated heterocycles. The van der Waals surface area contributed by atoms with Gasteiger partial charge in [-0.3, -0.25) is 19.9 Å². The summed E-state index contributed by atoms with van der Waals surface area (Å²) >= 11 is 1.64. The zero-order chi connectivity index (χ0) is 38.1. The van der Waals surface area contributed by atoms with Crippen molar-refractivity contribution < 1.29 is 43.1 Å². The number of aryl methyl sites for hydroxylation is 1. The molecule has 8 aliphatic heterocycles. The maximum absolute atomic E-state index is 14.9. The average Bonchev–Trinajstić information content (AvgIpc) is 3.74. The molecule has 7 atom stereocenters. The lowest BCUT2D eigenvalue weighted by Gasteiger charge is -2.58. The lowest BCUT2D eigenvalue weighted by molar-refractivity contribution is -0.156. The van der Waals surface area contributed by atoms with Gasteiger partial charge in [0, 0.05) is 71.0 Å². The molecule has 3 N–H and O–H groups in total. The number of methoxy groups -OCH3 is 2. The van der Waals surface area contributed by atoms with Gasteiger partial charge in [-0.05, 0) is 68.6 Å². The number of esters is 2. The molecule has 13 nitrogen and oxygen atoms in total. The summed E-state index contributed by atoms with van der Waals surface area (Å²) in [5.41, 5.74) is 6.65. The van der Waals surface area contributed by atoms with Crippen LogP contribution in [0.5, 0.6) is 34.5 Å². The Morgan fingerprint density at radius 3 is 2.65 bits per heavy atom. The number of nitrogens with one attached hydrogen (secondary N) is 2. The van der Waals surface area contributed by atoms with Gasteiger partial charge in [-0.1, -0.05) is 6.07 Å². The highest BCUT2D eigenvalue weighted by molar-refractivity contribution is 7.99. The first kappa shape index (κ1) is 34.8. The Labute approximate surface area is 322 Å². The van der Waals surface area contributed by atoms with Gasteiger partial charge in [0.05, 0.1) is 37.2 Å². The highest BCUT2D eigenvalue weighted by atomic mass is 32.2. The van der Waals surface area contributed by atoms with Crippen molar-refractivity contribution in [3.05, 3.63) is 68.9 Å². The fourth-order valence-corrected chi connectivity index (χ4v) is 12.3. The number of thioether (sulfide) groups is 1. The van der Waals surface area contributed by atoms with Gasteiger partial charge in [0.15, 0.2) is 28.5 Å². The van der Waals surface area contributed by atoms with Gasteiger partial charge < -0.3 is 38.5 Å². The fourth-order valence-electron chi connectivity index (χ4n) is 10.6. The zero-order valence-electron chi connectivity index (χ0n) is 31.7. The molecule has 4 aromatic rings. The molecule has 0 saturated carbocycles. The van der Waals surface area contributed by atoms with Crippen LogP contribution in [0.1, 0.15) is 68.9 Å². The van der Waals surface area contributed by atoms with Gasteiger partial charge in [-0.2, -0.15) is 0 Å². The van der Waals surface area contributed by atoms with E-state index >= 15 is 0 Å². The van der Waals surface area contributed by atoms with Crippen LogP contribution in [0.3, 0.4) is 0 Å². The largest absolute Gasteiger partial charge is 0.504 e. The van der Waals surface area contributed by atoms with Crippen molar-refractivity contribution in [3.63, 3.8) is 0 Å². The minimum atomic E-state index is -1.21. The number of carbonyl (C=O) groups is 2. The molecule has 4 unspecified atom stereocenters. The van der Waals surface area contributed by atoms with Gasteiger partial charge in [-0.25, -0.2) is 4.79 Å². The van der Waals surface area contributed by atoms with Crippen molar-refractivity contribution in [2.24, 2.45) is 0 Å². The quantitative estimate of drug-likeness (QED) is 0.193. The summed E-state index contributed by atoms with van der Waals surface area (Å²) in [7, 11) is 5.35. The summed E-state index contributed by atoms with van der Waals surface area (Å²) in [6.07, 6.45) is 1.39. The van der Waals surface area contributed by atoms with Crippen molar-refractivity contribution in [3.8, 4) is 34.5 Å². The average molecular weight is 769 g/mol. The first-order chi connectivity index (χ1) is 26.6. The third kappa shape index (κ3) is 4.77. The molecule has 288 valence electrons. The molecule has 0 aliphatic carbocycles. The minimum absolute atomic E-state index is 0.0164. The van der Waals surface area contributed by atoms with Crippen molar-refractivity contribution >= 4 is 34.6 Å². The van der Waals surface area contributed by atoms with E-state index in [0.717, 1.165) is 62.1 Å². The Kier molecular flexibility index (Phi) is 7.88. The number of ether oxygens (including phenoxy) is 6. The maximum Gasteiger partial charge on any atom is 0.333 e. The Morgan fingerprint density at radius 1 is 1.05 bits per heavy atom. The number of nitrogens with zero attached hydrogens (tertiary/aromatic N) is 2. The van der Waals surface area contributed by atoms with Crippen molar-refractivity contribution in [1.29, 1.82) is 0 Å². The molecule has 1 aromatic heterocycles. The zero-order valence-corrected chi connectivity index (χ0v) is 32.5. The number of fused-ring (bicyclic) bond motifs is 8. The molecule has 4 bridgehead atoms. The number of aromatic amines is 1. The predicted octanol–water partition coefficient (Wildman–Crippen LogP) is 4.87. The van der Waals surface area contributed by atoms with Crippen LogP contribution in [0.15, 0.2) is 24.3 Å². The van der Waals surface area contributed by atoms with E-state index in [1.807, 2.05) is 32.0 Å². The van der Waals surface area contributed by atoms with E-state index in [4.69, 9.17) is 28.4 Å². The van der Waals surface area contributed by atoms with Gasteiger partial charge in [0.2, 0.25) is 6.79 Å². The second-order valence-electron chi connectivity index (χ2n) is 15.6. The number of aromatic hydroxyl groups is 1. The molecule has 3 aromatic carbocycles. The van der Waals surface area contributed by atoms with Crippen LogP contribution in [0.2, 0.25) is 0 Å². The molecule has 1 spiro atoms. The number of H-pyrrole nitrogens is 1. The number of piperazine rings is 1. The van der Waals surface area contributed by atoms with E-state index in [-0.39, 0.29) is 48.5 Å². The van der Waals surface area contributed by atoms with Crippen LogP contribution in [0.4, 0.5) is 0 Å². The highest BCUT2D eigenvalue weighted by Gasteiger charge is 2.60. The lowest BCUT2D eigenvalue weighted by atomic mass is 9.78. The van der Waals surface area contributed by atoms with E-state index in [2.05, 4.69) is 33.2 Å². The standard InChI is InChI=1S/C41H44N4O9S/c1-18-11-21-12-22-14-44(4)31(28(21)33(47)34(18)50-6)32-38-30-29(37-36(52-17-53-37)19(2)35(30)54-20(3)46)27(45(22)32)15-51-40(48)41(16-55-38)39-24(9-10-42-41)25-13-23(49-5)7-8-26(25)43-39/h7-8,11,13,22,27,31-32,38,42-43,47H,9-10,12,14-17H2,1-6H3/t22?,27-,31?,32?,38+,41+/m0/s1. The predicted molar refractivity (Wildman–Crippen MR) is 204 cm³/mol. The third-order valence-corrected chi connectivity index (χ3v) is 14.2. The van der Waals surface area contributed by atoms with Crippen LogP contribution in [-0.4, -0.2) is 97.4 Å². The van der Waals surface area contributed by atoms with Crippen molar-refractivity contribution in [1.82, 2.24) is 20.1 Å². The molecule has 12 rings (SSSR count). The first-order valence-corrected chi connectivity index (χ1v) is 19.8.